The summed E-state index contributed by atoms with van der Waals surface area (Å²) in [6.07, 6.45) is 4.58. The summed E-state index contributed by atoms with van der Waals surface area (Å²) in [7, 11) is 0. The number of aromatic nitrogens is 3. The van der Waals surface area contributed by atoms with Crippen molar-refractivity contribution in [3.8, 4) is 0 Å². The molecule has 3 heterocycles. The van der Waals surface area contributed by atoms with E-state index in [2.05, 4.69) is 35.8 Å². The van der Waals surface area contributed by atoms with Crippen LogP contribution in [0.3, 0.4) is 0 Å². The Balaban J connectivity index is 1.27. The van der Waals surface area contributed by atoms with Gasteiger partial charge in [-0.3, -0.25) is 4.98 Å². The minimum atomic E-state index is 0.700. The molecule has 0 radical (unpaired) electrons. The second-order valence-corrected chi connectivity index (χ2v) is 7.14. The normalized spacial score (nSPS) is 14.2. The van der Waals surface area contributed by atoms with Crippen LogP contribution in [0.5, 0.6) is 0 Å². The zero-order valence-corrected chi connectivity index (χ0v) is 16.4. The molecular formula is C20H24ClN7. The maximum atomic E-state index is 6.05. The van der Waals surface area contributed by atoms with Gasteiger partial charge in [0, 0.05) is 67.8 Å². The molecule has 2 aromatic heterocycles. The summed E-state index contributed by atoms with van der Waals surface area (Å²) in [5.74, 6) is 1.67. The molecule has 4 rings (SSSR count). The molecule has 1 fully saturated rings. The van der Waals surface area contributed by atoms with Gasteiger partial charge in [0.05, 0.1) is 5.52 Å². The first kappa shape index (κ1) is 18.7. The molecule has 0 bridgehead atoms. The second kappa shape index (κ2) is 9.03. The Bertz CT molecular complexity index is 927. The average molecular weight is 398 g/mol. The van der Waals surface area contributed by atoms with Gasteiger partial charge >= 0.3 is 0 Å². The lowest BCUT2D eigenvalue weighted by atomic mass is 10.2. The standard InChI is InChI=1S/C20H24ClN7/c21-15-2-3-16-17(4-8-24-18(16)14-15)23-6-1-7-25-19-5-9-26-20(27-19)28-12-10-22-11-13-28/h2-5,8-9,14,22H,1,6-7,10-13H2,(H,23,24)(H,25,26,27). The largest absolute Gasteiger partial charge is 0.384 e. The zero-order chi connectivity index (χ0) is 19.2. The lowest BCUT2D eigenvalue weighted by Crippen LogP contribution is -2.44. The van der Waals surface area contributed by atoms with E-state index in [1.807, 2.05) is 36.5 Å². The fourth-order valence-corrected chi connectivity index (χ4v) is 3.43. The Kier molecular flexibility index (Phi) is 6.04. The summed E-state index contributed by atoms with van der Waals surface area (Å²) >= 11 is 6.05. The lowest BCUT2D eigenvalue weighted by Gasteiger charge is -2.27. The molecule has 1 aromatic carbocycles. The molecule has 0 aliphatic carbocycles. The molecule has 0 spiro atoms. The molecule has 1 aliphatic heterocycles. The molecule has 1 saturated heterocycles. The van der Waals surface area contributed by atoms with Gasteiger partial charge in [-0.2, -0.15) is 4.98 Å². The summed E-state index contributed by atoms with van der Waals surface area (Å²) in [5, 5.41) is 12.0. The molecule has 1 aliphatic rings. The maximum Gasteiger partial charge on any atom is 0.227 e. The highest BCUT2D eigenvalue weighted by Crippen LogP contribution is 2.24. The summed E-state index contributed by atoms with van der Waals surface area (Å²) < 4.78 is 0. The van der Waals surface area contributed by atoms with Gasteiger partial charge in [-0.1, -0.05) is 11.6 Å². The van der Waals surface area contributed by atoms with Gasteiger partial charge in [0.15, 0.2) is 0 Å². The highest BCUT2D eigenvalue weighted by molar-refractivity contribution is 6.31. The van der Waals surface area contributed by atoms with Crippen molar-refractivity contribution >= 4 is 40.0 Å². The van der Waals surface area contributed by atoms with E-state index in [0.29, 0.717) is 5.02 Å². The predicted molar refractivity (Wildman–Crippen MR) is 115 cm³/mol. The van der Waals surface area contributed by atoms with Gasteiger partial charge in [-0.05, 0) is 36.8 Å². The Labute approximate surface area is 169 Å². The Morgan fingerprint density at radius 1 is 1.00 bits per heavy atom. The van der Waals surface area contributed by atoms with E-state index >= 15 is 0 Å². The molecule has 8 heteroatoms. The molecule has 3 N–H and O–H groups in total. The van der Waals surface area contributed by atoms with Crippen molar-refractivity contribution in [1.29, 1.82) is 0 Å². The molecule has 28 heavy (non-hydrogen) atoms. The number of pyridine rings is 1. The summed E-state index contributed by atoms with van der Waals surface area (Å²) in [5.41, 5.74) is 1.97. The predicted octanol–water partition coefficient (Wildman–Crippen LogP) is 3.00. The second-order valence-electron chi connectivity index (χ2n) is 6.71. The molecule has 0 saturated carbocycles. The van der Waals surface area contributed by atoms with Crippen LogP contribution >= 0.6 is 11.6 Å². The number of fused-ring (bicyclic) bond motifs is 1. The number of hydrogen-bond acceptors (Lipinski definition) is 7. The summed E-state index contributed by atoms with van der Waals surface area (Å²) in [6, 6.07) is 9.69. The number of rotatable bonds is 7. The molecule has 3 aromatic rings. The average Bonchev–Trinajstić information content (AvgIpc) is 2.74. The van der Waals surface area contributed by atoms with E-state index in [0.717, 1.165) is 74.0 Å². The van der Waals surface area contributed by atoms with Gasteiger partial charge < -0.3 is 20.9 Å². The number of hydrogen-bond donors (Lipinski definition) is 3. The van der Waals surface area contributed by atoms with Gasteiger partial charge in [0.1, 0.15) is 5.82 Å². The molecule has 146 valence electrons. The number of anilines is 3. The van der Waals surface area contributed by atoms with Crippen LogP contribution < -0.4 is 20.9 Å². The van der Waals surface area contributed by atoms with Crippen molar-refractivity contribution in [2.75, 3.05) is 54.8 Å². The minimum Gasteiger partial charge on any atom is -0.384 e. The first-order chi connectivity index (χ1) is 13.8. The number of halogens is 1. The number of nitrogens with zero attached hydrogens (tertiary/aromatic N) is 4. The van der Waals surface area contributed by atoms with E-state index in [1.54, 1.807) is 6.20 Å². The van der Waals surface area contributed by atoms with Crippen LogP contribution in [0.1, 0.15) is 6.42 Å². The van der Waals surface area contributed by atoms with Gasteiger partial charge in [0.25, 0.3) is 0 Å². The SMILES string of the molecule is Clc1ccc2c(NCCCNc3ccnc(N4CCNCC4)n3)ccnc2c1. The van der Waals surface area contributed by atoms with Crippen LogP contribution in [0.25, 0.3) is 10.9 Å². The van der Waals surface area contributed by atoms with Gasteiger partial charge in [0.2, 0.25) is 5.95 Å². The molecule has 7 nitrogen and oxygen atoms in total. The third-order valence-corrected chi connectivity index (χ3v) is 4.96. The van der Waals surface area contributed by atoms with Crippen LogP contribution in [0.2, 0.25) is 5.02 Å². The Morgan fingerprint density at radius 3 is 2.71 bits per heavy atom. The molecule has 0 atom stereocenters. The van der Waals surface area contributed by atoms with Crippen LogP contribution in [0, 0.1) is 0 Å². The fraction of sp³-hybridized carbons (Fsp3) is 0.350. The van der Waals surface area contributed by atoms with E-state index in [4.69, 9.17) is 11.6 Å². The first-order valence-electron chi connectivity index (χ1n) is 9.60. The molecule has 0 amide bonds. The van der Waals surface area contributed by atoms with Gasteiger partial charge in [-0.15, -0.1) is 0 Å². The van der Waals surface area contributed by atoms with Crippen molar-refractivity contribution in [2.24, 2.45) is 0 Å². The highest BCUT2D eigenvalue weighted by Gasteiger charge is 2.13. The third kappa shape index (κ3) is 4.61. The van der Waals surface area contributed by atoms with E-state index in [1.165, 1.54) is 0 Å². The quantitative estimate of drug-likeness (QED) is 0.529. The maximum absolute atomic E-state index is 6.05. The van der Waals surface area contributed by atoms with Gasteiger partial charge in [-0.25, -0.2) is 4.98 Å². The Morgan fingerprint density at radius 2 is 1.82 bits per heavy atom. The van der Waals surface area contributed by atoms with E-state index in [9.17, 15) is 0 Å². The van der Waals surface area contributed by atoms with Crippen molar-refractivity contribution < 1.29 is 0 Å². The summed E-state index contributed by atoms with van der Waals surface area (Å²) in [6.45, 7) is 5.52. The van der Waals surface area contributed by atoms with Crippen LogP contribution in [-0.2, 0) is 0 Å². The zero-order valence-electron chi connectivity index (χ0n) is 15.7. The van der Waals surface area contributed by atoms with Crippen molar-refractivity contribution in [3.63, 3.8) is 0 Å². The highest BCUT2D eigenvalue weighted by atomic mass is 35.5. The number of benzene rings is 1. The minimum absolute atomic E-state index is 0.700. The van der Waals surface area contributed by atoms with Crippen molar-refractivity contribution in [2.45, 2.75) is 6.42 Å². The topological polar surface area (TPSA) is 78.0 Å². The monoisotopic (exact) mass is 397 g/mol. The molecule has 0 unspecified atom stereocenters. The number of nitrogens with one attached hydrogen (secondary N) is 3. The summed E-state index contributed by atoms with van der Waals surface area (Å²) in [4.78, 5) is 15.6. The third-order valence-electron chi connectivity index (χ3n) is 4.72. The first-order valence-corrected chi connectivity index (χ1v) is 9.98. The Hall–Kier alpha value is -2.64. The fourth-order valence-electron chi connectivity index (χ4n) is 3.27. The molecular weight excluding hydrogens is 374 g/mol. The van der Waals surface area contributed by atoms with Crippen molar-refractivity contribution in [3.05, 3.63) is 47.7 Å². The number of piperazine rings is 1. The lowest BCUT2D eigenvalue weighted by molar-refractivity contribution is 0.580. The van der Waals surface area contributed by atoms with Crippen LogP contribution in [0.4, 0.5) is 17.5 Å². The van der Waals surface area contributed by atoms with E-state index in [-0.39, 0.29) is 0 Å². The van der Waals surface area contributed by atoms with Crippen molar-refractivity contribution in [1.82, 2.24) is 20.3 Å². The van der Waals surface area contributed by atoms with E-state index < -0.39 is 0 Å². The van der Waals surface area contributed by atoms with Crippen LogP contribution in [-0.4, -0.2) is 54.2 Å². The smallest absolute Gasteiger partial charge is 0.227 e. The van der Waals surface area contributed by atoms with Crippen LogP contribution in [0.15, 0.2) is 42.7 Å².